The second kappa shape index (κ2) is 5.93. The molecule has 15 heavy (non-hydrogen) atoms. The molecule has 0 unspecified atom stereocenters. The van der Waals surface area contributed by atoms with Crippen LogP contribution in [0.15, 0.2) is 22.8 Å². The summed E-state index contributed by atoms with van der Waals surface area (Å²) >= 11 is 0. The Hall–Kier alpha value is -0.800. The molecule has 1 fully saturated rings. The van der Waals surface area contributed by atoms with E-state index in [0.717, 1.165) is 31.3 Å². The Morgan fingerprint density at radius 2 is 2.40 bits per heavy atom. The fourth-order valence-corrected chi connectivity index (χ4v) is 1.49. The fraction of sp³-hybridized carbons (Fsp3) is 0.667. The Morgan fingerprint density at radius 1 is 1.47 bits per heavy atom. The van der Waals surface area contributed by atoms with Gasteiger partial charge < -0.3 is 14.5 Å². The van der Waals surface area contributed by atoms with E-state index < -0.39 is 0 Å². The molecule has 3 heteroatoms. The predicted octanol–water partition coefficient (Wildman–Crippen LogP) is 2.19. The molecule has 0 aliphatic heterocycles. The molecule has 0 bridgehead atoms. The first-order valence-corrected chi connectivity index (χ1v) is 5.76. The maximum absolute atomic E-state index is 5.47. The minimum Gasteiger partial charge on any atom is -0.467 e. The van der Waals surface area contributed by atoms with E-state index in [-0.39, 0.29) is 0 Å². The lowest BCUT2D eigenvalue weighted by atomic mass is 10.4. The molecule has 1 aliphatic rings. The van der Waals surface area contributed by atoms with Gasteiger partial charge in [0, 0.05) is 6.61 Å². The number of hydrogen-bond donors (Lipinski definition) is 1. The van der Waals surface area contributed by atoms with Crippen molar-refractivity contribution in [3.8, 4) is 0 Å². The standard InChI is InChI=1S/C12H19NO2/c1-3-12(15-8-1)10-14-7-2-6-13-9-11-4-5-11/h1,3,8,11,13H,2,4-7,9-10H2. The van der Waals surface area contributed by atoms with Gasteiger partial charge in [-0.05, 0) is 50.4 Å². The van der Waals surface area contributed by atoms with Gasteiger partial charge in [-0.3, -0.25) is 0 Å². The van der Waals surface area contributed by atoms with Gasteiger partial charge in [-0.1, -0.05) is 0 Å². The fourth-order valence-electron chi connectivity index (χ4n) is 1.49. The molecule has 0 aromatic carbocycles. The third-order valence-corrected chi connectivity index (χ3v) is 2.60. The summed E-state index contributed by atoms with van der Waals surface area (Å²) in [5.74, 6) is 1.87. The second-order valence-corrected chi connectivity index (χ2v) is 4.13. The molecule has 2 rings (SSSR count). The summed E-state index contributed by atoms with van der Waals surface area (Å²) in [6, 6.07) is 3.82. The maximum Gasteiger partial charge on any atom is 0.129 e. The van der Waals surface area contributed by atoms with E-state index in [0.29, 0.717) is 6.61 Å². The highest BCUT2D eigenvalue weighted by Crippen LogP contribution is 2.27. The van der Waals surface area contributed by atoms with E-state index in [4.69, 9.17) is 9.15 Å². The first kappa shape index (κ1) is 10.7. The van der Waals surface area contributed by atoms with Crippen LogP contribution in [-0.2, 0) is 11.3 Å². The first-order valence-electron chi connectivity index (χ1n) is 5.76. The lowest BCUT2D eigenvalue weighted by Gasteiger charge is -2.04. The first-order chi connectivity index (χ1) is 7.45. The van der Waals surface area contributed by atoms with Crippen molar-refractivity contribution in [1.29, 1.82) is 0 Å². The molecule has 84 valence electrons. The van der Waals surface area contributed by atoms with Crippen molar-refractivity contribution in [2.75, 3.05) is 19.7 Å². The van der Waals surface area contributed by atoms with Crippen molar-refractivity contribution < 1.29 is 9.15 Å². The van der Waals surface area contributed by atoms with Gasteiger partial charge in [-0.25, -0.2) is 0 Å². The van der Waals surface area contributed by atoms with Crippen LogP contribution in [0.5, 0.6) is 0 Å². The Balaban J connectivity index is 1.38. The van der Waals surface area contributed by atoms with Crippen LogP contribution >= 0.6 is 0 Å². The molecule has 0 radical (unpaired) electrons. The summed E-state index contributed by atoms with van der Waals surface area (Å²) in [4.78, 5) is 0. The quantitative estimate of drug-likeness (QED) is 0.666. The Bertz CT molecular complexity index is 255. The zero-order valence-corrected chi connectivity index (χ0v) is 9.08. The van der Waals surface area contributed by atoms with Gasteiger partial charge in [-0.15, -0.1) is 0 Å². The van der Waals surface area contributed by atoms with Crippen LogP contribution in [0.2, 0.25) is 0 Å². The van der Waals surface area contributed by atoms with Crippen molar-refractivity contribution in [2.24, 2.45) is 5.92 Å². The summed E-state index contributed by atoms with van der Waals surface area (Å²) in [5, 5.41) is 3.44. The molecular weight excluding hydrogens is 190 g/mol. The van der Waals surface area contributed by atoms with Crippen LogP contribution in [0.25, 0.3) is 0 Å². The van der Waals surface area contributed by atoms with Crippen molar-refractivity contribution in [3.05, 3.63) is 24.2 Å². The van der Waals surface area contributed by atoms with Crippen LogP contribution in [-0.4, -0.2) is 19.7 Å². The van der Waals surface area contributed by atoms with Crippen molar-refractivity contribution in [3.63, 3.8) is 0 Å². The Kier molecular flexibility index (Phi) is 4.23. The topological polar surface area (TPSA) is 34.4 Å². The highest BCUT2D eigenvalue weighted by Gasteiger charge is 2.19. The average Bonchev–Trinajstić information content (AvgIpc) is 2.92. The Morgan fingerprint density at radius 3 is 3.13 bits per heavy atom. The van der Waals surface area contributed by atoms with Crippen LogP contribution in [0.4, 0.5) is 0 Å². The predicted molar refractivity (Wildman–Crippen MR) is 58.6 cm³/mol. The minimum atomic E-state index is 0.593. The van der Waals surface area contributed by atoms with Gasteiger partial charge in [0.2, 0.25) is 0 Å². The van der Waals surface area contributed by atoms with Gasteiger partial charge in [0.1, 0.15) is 12.4 Å². The number of rotatable bonds is 8. The monoisotopic (exact) mass is 209 g/mol. The number of nitrogens with one attached hydrogen (secondary N) is 1. The molecule has 0 spiro atoms. The number of furan rings is 1. The number of hydrogen-bond acceptors (Lipinski definition) is 3. The van der Waals surface area contributed by atoms with E-state index in [1.165, 1.54) is 19.4 Å². The summed E-state index contributed by atoms with van der Waals surface area (Å²) in [6.45, 7) is 3.65. The molecule has 0 saturated heterocycles. The van der Waals surface area contributed by atoms with Gasteiger partial charge in [0.25, 0.3) is 0 Å². The summed E-state index contributed by atoms with van der Waals surface area (Å²) in [7, 11) is 0. The maximum atomic E-state index is 5.47. The van der Waals surface area contributed by atoms with Crippen molar-refractivity contribution >= 4 is 0 Å². The lowest BCUT2D eigenvalue weighted by molar-refractivity contribution is 0.104. The molecule has 1 N–H and O–H groups in total. The second-order valence-electron chi connectivity index (χ2n) is 4.13. The third kappa shape index (κ3) is 4.49. The van der Waals surface area contributed by atoms with Crippen molar-refractivity contribution in [2.45, 2.75) is 25.9 Å². The van der Waals surface area contributed by atoms with Gasteiger partial charge >= 0.3 is 0 Å². The average molecular weight is 209 g/mol. The third-order valence-electron chi connectivity index (χ3n) is 2.60. The molecular formula is C12H19NO2. The molecule has 1 saturated carbocycles. The summed E-state index contributed by atoms with van der Waals surface area (Å²) in [6.07, 6.45) is 5.59. The molecule has 0 amide bonds. The highest BCUT2D eigenvalue weighted by atomic mass is 16.5. The number of ether oxygens (including phenoxy) is 1. The zero-order chi connectivity index (χ0) is 10.3. The van der Waals surface area contributed by atoms with Gasteiger partial charge in [-0.2, -0.15) is 0 Å². The summed E-state index contributed by atoms with van der Waals surface area (Å²) < 4.78 is 10.6. The lowest BCUT2D eigenvalue weighted by Crippen LogP contribution is -2.19. The largest absolute Gasteiger partial charge is 0.467 e. The van der Waals surface area contributed by atoms with E-state index >= 15 is 0 Å². The molecule has 3 nitrogen and oxygen atoms in total. The van der Waals surface area contributed by atoms with Crippen LogP contribution in [0.1, 0.15) is 25.0 Å². The molecule has 0 atom stereocenters. The van der Waals surface area contributed by atoms with Gasteiger partial charge in [0.05, 0.1) is 6.26 Å². The van der Waals surface area contributed by atoms with Crippen molar-refractivity contribution in [1.82, 2.24) is 5.32 Å². The van der Waals surface area contributed by atoms with Gasteiger partial charge in [0.15, 0.2) is 0 Å². The van der Waals surface area contributed by atoms with E-state index in [9.17, 15) is 0 Å². The van der Waals surface area contributed by atoms with Crippen LogP contribution in [0.3, 0.4) is 0 Å². The minimum absolute atomic E-state index is 0.593. The molecule has 1 aromatic heterocycles. The highest BCUT2D eigenvalue weighted by molar-refractivity contribution is 4.95. The molecule has 1 aromatic rings. The van der Waals surface area contributed by atoms with E-state index in [1.807, 2.05) is 12.1 Å². The van der Waals surface area contributed by atoms with Crippen LogP contribution in [0, 0.1) is 5.92 Å². The van der Waals surface area contributed by atoms with E-state index in [1.54, 1.807) is 6.26 Å². The smallest absolute Gasteiger partial charge is 0.129 e. The van der Waals surface area contributed by atoms with Crippen LogP contribution < -0.4 is 5.32 Å². The molecule has 1 aliphatic carbocycles. The Labute approximate surface area is 90.8 Å². The summed E-state index contributed by atoms with van der Waals surface area (Å²) in [5.41, 5.74) is 0. The zero-order valence-electron chi connectivity index (χ0n) is 9.08. The SMILES string of the molecule is c1coc(COCCCNCC2CC2)c1. The van der Waals surface area contributed by atoms with E-state index in [2.05, 4.69) is 5.32 Å². The molecule has 1 heterocycles. The normalized spacial score (nSPS) is 15.7.